The number of rotatable bonds is 68. The summed E-state index contributed by atoms with van der Waals surface area (Å²) in [7, 11) is -9.79. The lowest BCUT2D eigenvalue weighted by Gasteiger charge is -2.21. The lowest BCUT2D eigenvalue weighted by Crippen LogP contribution is -2.30. The van der Waals surface area contributed by atoms with E-state index in [9.17, 15) is 43.5 Å². The van der Waals surface area contributed by atoms with Gasteiger partial charge >= 0.3 is 33.6 Å². The largest absolute Gasteiger partial charge is 0.472 e. The van der Waals surface area contributed by atoms with Crippen LogP contribution < -0.4 is 0 Å². The number of ether oxygens (including phenoxy) is 3. The molecule has 0 aliphatic heterocycles. The van der Waals surface area contributed by atoms with E-state index in [2.05, 4.69) is 130 Å². The minimum atomic E-state index is -4.93. The molecule has 0 amide bonds. The molecular weight excluding hydrogens is 1220 g/mol. The van der Waals surface area contributed by atoms with Gasteiger partial charge in [0.25, 0.3) is 0 Å². The highest BCUT2D eigenvalue weighted by Crippen LogP contribution is 2.45. The molecule has 0 heterocycles. The second-order valence-corrected chi connectivity index (χ2v) is 26.9. The van der Waals surface area contributed by atoms with Gasteiger partial charge in [0.1, 0.15) is 25.4 Å². The van der Waals surface area contributed by atoms with Crippen LogP contribution in [0.5, 0.6) is 0 Å². The number of hydrogen-bond acceptors (Lipinski definition) is 14. The van der Waals surface area contributed by atoms with Gasteiger partial charge in [-0.2, -0.15) is 0 Å². The number of hydrogen-bond donors (Lipinski definition) is 4. The Balaban J connectivity index is 4.64. The van der Waals surface area contributed by atoms with Gasteiger partial charge in [0.15, 0.2) is 6.10 Å². The summed E-state index contributed by atoms with van der Waals surface area (Å²) < 4.78 is 61.0. The molecule has 93 heavy (non-hydrogen) atoms. The van der Waals surface area contributed by atoms with E-state index in [1.807, 2.05) is 0 Å². The Kier molecular flexibility index (Phi) is 65.4. The van der Waals surface area contributed by atoms with E-state index in [1.54, 1.807) is 0 Å². The molecule has 0 radical (unpaired) electrons. The maximum absolute atomic E-state index is 12.9. The number of phosphoric ester groups is 2. The summed E-state index contributed by atoms with van der Waals surface area (Å²) in [6.45, 7) is 2.44. The van der Waals surface area contributed by atoms with Crippen LogP contribution in [0, 0.1) is 0 Å². The highest BCUT2D eigenvalue weighted by Gasteiger charge is 2.29. The van der Waals surface area contributed by atoms with Crippen molar-refractivity contribution in [3.8, 4) is 0 Å². The molecule has 0 spiro atoms. The molecular formula is C75H130O16P2. The van der Waals surface area contributed by atoms with Gasteiger partial charge in [-0.25, -0.2) is 9.13 Å². The summed E-state index contributed by atoms with van der Waals surface area (Å²) in [4.78, 5) is 58.5. The number of aliphatic hydroxyl groups excluding tert-OH is 2. The van der Waals surface area contributed by atoms with E-state index in [4.69, 9.17) is 32.3 Å². The van der Waals surface area contributed by atoms with Gasteiger partial charge in [-0.1, -0.05) is 278 Å². The van der Waals surface area contributed by atoms with E-state index in [0.29, 0.717) is 19.3 Å². The SMILES string of the molecule is CC/C=C\C/C=C\C/C=C\C/C=C\C/C=C\CCCCCCCCCC(=O)OCC(O)COP(=O)(O)OCC(O)COP(=O)(O)OCC(COC(=O)CCCCCCCC/C=C\C/C=C\C/C=C\C/C=C\CC)OC(=O)CCCCCCCCCCCCCCCCC. The van der Waals surface area contributed by atoms with Crippen molar-refractivity contribution in [2.24, 2.45) is 0 Å². The van der Waals surface area contributed by atoms with Gasteiger partial charge < -0.3 is 34.2 Å². The second-order valence-electron chi connectivity index (χ2n) is 24.0. The van der Waals surface area contributed by atoms with E-state index < -0.39 is 91.5 Å². The van der Waals surface area contributed by atoms with Gasteiger partial charge in [0.05, 0.1) is 26.4 Å². The number of allylic oxidation sites excluding steroid dienone is 18. The van der Waals surface area contributed by atoms with Crippen LogP contribution in [0.1, 0.15) is 290 Å². The molecule has 16 nitrogen and oxygen atoms in total. The van der Waals surface area contributed by atoms with Crippen molar-refractivity contribution < 1.29 is 75.8 Å². The molecule has 5 atom stereocenters. The predicted molar refractivity (Wildman–Crippen MR) is 380 cm³/mol. The smallest absolute Gasteiger partial charge is 0.463 e. The molecule has 0 aromatic heterocycles. The van der Waals surface area contributed by atoms with Gasteiger partial charge in [-0.15, -0.1) is 0 Å². The second kappa shape index (κ2) is 68.2. The Labute approximate surface area is 564 Å². The van der Waals surface area contributed by atoms with Crippen molar-refractivity contribution in [1.29, 1.82) is 0 Å². The number of carbonyl (C=O) groups is 3. The zero-order valence-corrected chi connectivity index (χ0v) is 59.9. The highest BCUT2D eigenvalue weighted by atomic mass is 31.2. The predicted octanol–water partition coefficient (Wildman–Crippen LogP) is 20.4. The van der Waals surface area contributed by atoms with Crippen LogP contribution in [-0.2, 0) is 55.8 Å². The summed E-state index contributed by atoms with van der Waals surface area (Å²) in [5, 5.41) is 20.6. The van der Waals surface area contributed by atoms with Crippen LogP contribution in [0.3, 0.4) is 0 Å². The molecule has 4 N–H and O–H groups in total. The quantitative estimate of drug-likeness (QED) is 0.0146. The van der Waals surface area contributed by atoms with Crippen LogP contribution in [-0.4, -0.2) is 95.9 Å². The number of carbonyl (C=O) groups excluding carboxylic acids is 3. The third-order valence-electron chi connectivity index (χ3n) is 15.0. The molecule has 0 fully saturated rings. The molecule has 0 saturated carbocycles. The molecule has 536 valence electrons. The first-order valence-electron chi connectivity index (χ1n) is 36.2. The van der Waals surface area contributed by atoms with Crippen LogP contribution in [0.4, 0.5) is 0 Å². The van der Waals surface area contributed by atoms with Crippen LogP contribution in [0.2, 0.25) is 0 Å². The Morgan fingerprint density at radius 3 is 0.903 bits per heavy atom. The minimum absolute atomic E-state index is 0.103. The lowest BCUT2D eigenvalue weighted by atomic mass is 10.0. The monoisotopic (exact) mass is 1350 g/mol. The summed E-state index contributed by atoms with van der Waals surface area (Å²) in [5.74, 6) is -1.59. The van der Waals surface area contributed by atoms with Gasteiger partial charge in [0, 0.05) is 19.3 Å². The Morgan fingerprint density at radius 2 is 0.570 bits per heavy atom. The normalized spacial score (nSPS) is 14.8. The maximum Gasteiger partial charge on any atom is 0.472 e. The summed E-state index contributed by atoms with van der Waals surface area (Å²) in [5.41, 5.74) is 0. The molecule has 0 aromatic rings. The number of phosphoric acid groups is 2. The number of aliphatic hydroxyl groups is 2. The van der Waals surface area contributed by atoms with Gasteiger partial charge in [0.2, 0.25) is 0 Å². The minimum Gasteiger partial charge on any atom is -0.463 e. The fraction of sp³-hybridized carbons (Fsp3) is 0.720. The third kappa shape index (κ3) is 69.4. The average molecular weight is 1350 g/mol. The van der Waals surface area contributed by atoms with E-state index in [0.717, 1.165) is 167 Å². The van der Waals surface area contributed by atoms with Crippen LogP contribution in [0.15, 0.2) is 109 Å². The van der Waals surface area contributed by atoms with Crippen LogP contribution >= 0.6 is 15.6 Å². The van der Waals surface area contributed by atoms with Crippen molar-refractivity contribution in [3.05, 3.63) is 109 Å². The van der Waals surface area contributed by atoms with Crippen molar-refractivity contribution in [3.63, 3.8) is 0 Å². The highest BCUT2D eigenvalue weighted by molar-refractivity contribution is 7.47. The van der Waals surface area contributed by atoms with Crippen LogP contribution in [0.25, 0.3) is 0 Å². The van der Waals surface area contributed by atoms with E-state index in [1.165, 1.54) is 64.2 Å². The molecule has 0 aliphatic rings. The molecule has 5 unspecified atom stereocenters. The number of esters is 3. The average Bonchev–Trinajstić information content (AvgIpc) is 3.74. The standard InChI is InChI=1S/C75H130O16P2/c1-4-7-10-13-16-19-22-25-28-30-32-33-34-35-37-39-41-43-46-49-52-55-58-61-73(78)85-64-70(76)65-87-92(81,82)88-66-71(77)67-89-93(83,84)90-69-72(91-75(80)63-60-57-54-51-48-45-40-27-24-21-18-15-12-9-6-3)68-86-74(79)62-59-56-53-50-47-44-42-38-36-31-29-26-23-20-17-14-11-8-5-2/h7-8,10-11,16-17,19-20,25-26,28-29,32-33,35-38,70-72,76-77H,4-6,9,12-15,18,21-24,27,30-31,34,39-69H2,1-3H3,(H,81,82)(H,83,84)/b10-7-,11-8-,19-16-,20-17-,28-25-,29-26-,33-32-,37-35-,38-36-. The van der Waals surface area contributed by atoms with Crippen molar-refractivity contribution >= 4 is 33.6 Å². The van der Waals surface area contributed by atoms with Gasteiger partial charge in [-0.3, -0.25) is 32.5 Å². The molecule has 0 rings (SSSR count). The van der Waals surface area contributed by atoms with Crippen molar-refractivity contribution in [2.45, 2.75) is 309 Å². The van der Waals surface area contributed by atoms with Crippen molar-refractivity contribution in [2.75, 3.05) is 39.6 Å². The Bertz CT molecular complexity index is 2130. The van der Waals surface area contributed by atoms with E-state index in [-0.39, 0.29) is 19.3 Å². The first kappa shape index (κ1) is 89.2. The first-order chi connectivity index (χ1) is 45.2. The molecule has 0 saturated heterocycles. The van der Waals surface area contributed by atoms with Gasteiger partial charge in [-0.05, 0) is 103 Å². The zero-order chi connectivity index (χ0) is 68.1. The Hall–Kier alpha value is -3.79. The molecule has 0 bridgehead atoms. The topological polar surface area (TPSA) is 231 Å². The molecule has 0 aliphatic carbocycles. The summed E-state index contributed by atoms with van der Waals surface area (Å²) >= 11 is 0. The summed E-state index contributed by atoms with van der Waals surface area (Å²) in [6, 6.07) is 0. The third-order valence-corrected chi connectivity index (χ3v) is 16.9. The molecule has 18 heteroatoms. The Morgan fingerprint density at radius 1 is 0.312 bits per heavy atom. The number of unbranched alkanes of at least 4 members (excludes halogenated alkanes) is 27. The lowest BCUT2D eigenvalue weighted by molar-refractivity contribution is -0.161. The maximum atomic E-state index is 12.9. The first-order valence-corrected chi connectivity index (χ1v) is 39.2. The molecule has 0 aromatic carbocycles. The fourth-order valence-electron chi connectivity index (χ4n) is 9.53. The summed E-state index contributed by atoms with van der Waals surface area (Å²) in [6.07, 6.45) is 77.0. The van der Waals surface area contributed by atoms with E-state index >= 15 is 0 Å². The van der Waals surface area contributed by atoms with Crippen molar-refractivity contribution in [1.82, 2.24) is 0 Å². The zero-order valence-electron chi connectivity index (χ0n) is 58.1. The fourth-order valence-corrected chi connectivity index (χ4v) is 11.1.